The van der Waals surface area contributed by atoms with Crippen LogP contribution in [0.1, 0.15) is 39.5 Å². The molecule has 0 saturated carbocycles. The molecule has 0 amide bonds. The highest BCUT2D eigenvalue weighted by atomic mass is 35.5. The van der Waals surface area contributed by atoms with Crippen molar-refractivity contribution in [2.24, 2.45) is 5.73 Å². The Labute approximate surface area is 116 Å². The van der Waals surface area contributed by atoms with Crippen molar-refractivity contribution in [1.29, 1.82) is 0 Å². The first-order chi connectivity index (χ1) is 8.68. The van der Waals surface area contributed by atoms with Crippen molar-refractivity contribution in [2.45, 2.75) is 45.1 Å². The molecular formula is C15H25ClN2. The Balaban J connectivity index is 0.000000771. The Morgan fingerprint density at radius 3 is 2.61 bits per heavy atom. The van der Waals surface area contributed by atoms with E-state index in [0.29, 0.717) is 0 Å². The molecule has 102 valence electrons. The second-order valence-electron chi connectivity index (χ2n) is 4.77. The van der Waals surface area contributed by atoms with Crippen LogP contribution in [0.3, 0.4) is 0 Å². The second-order valence-corrected chi connectivity index (χ2v) is 5.21. The van der Waals surface area contributed by atoms with Crippen molar-refractivity contribution in [1.82, 2.24) is 5.32 Å². The van der Waals surface area contributed by atoms with Crippen molar-refractivity contribution < 1.29 is 0 Å². The van der Waals surface area contributed by atoms with Gasteiger partial charge in [0.05, 0.1) is 0 Å². The van der Waals surface area contributed by atoms with Gasteiger partial charge in [-0.1, -0.05) is 43.2 Å². The Bertz CT molecular complexity index is 336. The topological polar surface area (TPSA) is 38.0 Å². The van der Waals surface area contributed by atoms with Gasteiger partial charge in [0.1, 0.15) is 0 Å². The quantitative estimate of drug-likeness (QED) is 0.805. The number of piperidine rings is 1. The third kappa shape index (κ3) is 4.97. The Hall–Kier alpha value is -0.570. The maximum atomic E-state index is 6.42. The van der Waals surface area contributed by atoms with E-state index >= 15 is 0 Å². The molecule has 0 bridgehead atoms. The predicted octanol–water partition coefficient (Wildman–Crippen LogP) is 3.49. The smallest absolute Gasteiger partial charge is 0.0402 e. The van der Waals surface area contributed by atoms with Gasteiger partial charge < -0.3 is 11.1 Å². The zero-order chi connectivity index (χ0) is 13.4. The lowest BCUT2D eigenvalue weighted by Gasteiger charge is -2.34. The minimum atomic E-state index is -0.0183. The van der Waals surface area contributed by atoms with Gasteiger partial charge in [0.25, 0.3) is 0 Å². The van der Waals surface area contributed by atoms with Crippen LogP contribution in [0, 0.1) is 0 Å². The first kappa shape index (κ1) is 15.5. The van der Waals surface area contributed by atoms with Crippen LogP contribution in [0.15, 0.2) is 34.9 Å². The fourth-order valence-corrected chi connectivity index (χ4v) is 2.48. The van der Waals surface area contributed by atoms with E-state index in [0.717, 1.165) is 43.8 Å². The average Bonchev–Trinajstić information content (AvgIpc) is 2.57. The predicted molar refractivity (Wildman–Crippen MR) is 80.8 cm³/mol. The molecule has 0 radical (unpaired) electrons. The minimum Gasteiger partial charge on any atom is -0.325 e. The summed E-state index contributed by atoms with van der Waals surface area (Å²) in [5.74, 6) is 0. The van der Waals surface area contributed by atoms with E-state index in [9.17, 15) is 0 Å². The molecule has 3 heteroatoms. The Kier molecular flexibility index (Phi) is 6.69. The number of rotatable bonds is 2. The van der Waals surface area contributed by atoms with E-state index in [4.69, 9.17) is 17.3 Å². The molecule has 1 aliphatic carbocycles. The van der Waals surface area contributed by atoms with E-state index in [-0.39, 0.29) is 5.54 Å². The van der Waals surface area contributed by atoms with Gasteiger partial charge >= 0.3 is 0 Å². The molecule has 1 saturated heterocycles. The van der Waals surface area contributed by atoms with Crippen LogP contribution in [-0.4, -0.2) is 18.6 Å². The van der Waals surface area contributed by atoms with Crippen molar-refractivity contribution in [3.8, 4) is 0 Å². The van der Waals surface area contributed by atoms with Gasteiger partial charge in [0.15, 0.2) is 0 Å². The first-order valence-corrected chi connectivity index (χ1v) is 7.27. The van der Waals surface area contributed by atoms with E-state index in [2.05, 4.69) is 17.5 Å². The Morgan fingerprint density at radius 2 is 1.94 bits per heavy atom. The minimum absolute atomic E-state index is 0.0183. The summed E-state index contributed by atoms with van der Waals surface area (Å²) in [7, 11) is 0. The summed E-state index contributed by atoms with van der Waals surface area (Å²) in [4.78, 5) is 0. The molecule has 0 unspecified atom stereocenters. The summed E-state index contributed by atoms with van der Waals surface area (Å²) in [5, 5.41) is 4.15. The number of nitrogens with two attached hydrogens (primary N) is 1. The maximum Gasteiger partial charge on any atom is 0.0402 e. The molecular weight excluding hydrogens is 244 g/mol. The summed E-state index contributed by atoms with van der Waals surface area (Å²) in [6, 6.07) is 0. The van der Waals surface area contributed by atoms with Crippen LogP contribution < -0.4 is 11.1 Å². The molecule has 0 aromatic heterocycles. The van der Waals surface area contributed by atoms with E-state index in [1.807, 2.05) is 26.0 Å². The van der Waals surface area contributed by atoms with Crippen molar-refractivity contribution in [3.63, 3.8) is 0 Å². The van der Waals surface area contributed by atoms with Crippen LogP contribution in [0.25, 0.3) is 0 Å². The van der Waals surface area contributed by atoms with Crippen LogP contribution >= 0.6 is 11.6 Å². The molecule has 2 aliphatic rings. The monoisotopic (exact) mass is 268 g/mol. The number of halogens is 1. The standard InChI is InChI=1S/C13H19ClN2.C2H6/c14-12-3-1-2-11(4-5-12)10-13(15)6-8-16-9-7-13;1-2/h1,3-5,16H,2,6-10,15H2;1-2H3. The van der Waals surface area contributed by atoms with E-state index < -0.39 is 0 Å². The van der Waals surface area contributed by atoms with E-state index in [1.165, 1.54) is 5.57 Å². The zero-order valence-electron chi connectivity index (χ0n) is 11.5. The summed E-state index contributed by atoms with van der Waals surface area (Å²) >= 11 is 5.95. The van der Waals surface area contributed by atoms with Gasteiger partial charge in [-0.2, -0.15) is 0 Å². The third-order valence-electron chi connectivity index (χ3n) is 3.31. The number of allylic oxidation sites excluding steroid dienone is 5. The van der Waals surface area contributed by atoms with E-state index in [1.54, 1.807) is 0 Å². The number of hydrogen-bond acceptors (Lipinski definition) is 2. The zero-order valence-corrected chi connectivity index (χ0v) is 12.3. The van der Waals surface area contributed by atoms with Crippen LogP contribution in [0.2, 0.25) is 0 Å². The summed E-state index contributed by atoms with van der Waals surface area (Å²) in [5.41, 5.74) is 7.78. The largest absolute Gasteiger partial charge is 0.325 e. The van der Waals surface area contributed by atoms with Gasteiger partial charge in [-0.05, 0) is 50.9 Å². The summed E-state index contributed by atoms with van der Waals surface area (Å²) < 4.78 is 0. The highest BCUT2D eigenvalue weighted by Gasteiger charge is 2.27. The normalized spacial score (nSPS) is 22.2. The summed E-state index contributed by atoms with van der Waals surface area (Å²) in [6.07, 6.45) is 12.2. The molecule has 0 aromatic rings. The third-order valence-corrected chi connectivity index (χ3v) is 3.57. The lowest BCUT2D eigenvalue weighted by atomic mass is 9.82. The van der Waals surface area contributed by atoms with Gasteiger partial charge in [-0.25, -0.2) is 0 Å². The molecule has 0 aromatic carbocycles. The van der Waals surface area contributed by atoms with Crippen molar-refractivity contribution >= 4 is 11.6 Å². The lowest BCUT2D eigenvalue weighted by Crippen LogP contribution is -2.49. The molecule has 2 nitrogen and oxygen atoms in total. The van der Waals surface area contributed by atoms with Crippen molar-refractivity contribution in [2.75, 3.05) is 13.1 Å². The Morgan fingerprint density at radius 1 is 1.28 bits per heavy atom. The fraction of sp³-hybridized carbons (Fsp3) is 0.600. The number of nitrogens with one attached hydrogen (secondary N) is 1. The second kappa shape index (κ2) is 7.78. The molecule has 2 rings (SSSR count). The molecule has 0 atom stereocenters. The fourth-order valence-electron chi connectivity index (χ4n) is 2.33. The lowest BCUT2D eigenvalue weighted by molar-refractivity contribution is 0.307. The molecule has 3 N–H and O–H groups in total. The molecule has 18 heavy (non-hydrogen) atoms. The summed E-state index contributed by atoms with van der Waals surface area (Å²) in [6.45, 7) is 6.08. The van der Waals surface area contributed by atoms with Gasteiger partial charge in [-0.3, -0.25) is 0 Å². The highest BCUT2D eigenvalue weighted by molar-refractivity contribution is 6.31. The average molecular weight is 269 g/mol. The molecule has 1 heterocycles. The van der Waals surface area contributed by atoms with Gasteiger partial charge in [-0.15, -0.1) is 0 Å². The van der Waals surface area contributed by atoms with Gasteiger partial charge in [0.2, 0.25) is 0 Å². The maximum absolute atomic E-state index is 6.42. The van der Waals surface area contributed by atoms with Crippen molar-refractivity contribution in [3.05, 3.63) is 34.9 Å². The first-order valence-electron chi connectivity index (χ1n) is 6.89. The molecule has 1 fully saturated rings. The van der Waals surface area contributed by atoms with Crippen LogP contribution in [0.4, 0.5) is 0 Å². The number of hydrogen-bond donors (Lipinski definition) is 2. The van der Waals surface area contributed by atoms with Crippen LogP contribution in [0.5, 0.6) is 0 Å². The highest BCUT2D eigenvalue weighted by Crippen LogP contribution is 2.27. The molecule has 1 aliphatic heterocycles. The van der Waals surface area contributed by atoms with Gasteiger partial charge in [0, 0.05) is 10.6 Å². The SMILES string of the molecule is CC.NC1(CC2=CC=C(Cl)C=CC2)CCNCC1. The van der Waals surface area contributed by atoms with Crippen LogP contribution in [-0.2, 0) is 0 Å². The molecule has 0 spiro atoms.